The third-order valence-corrected chi connectivity index (χ3v) is 5.76. The molecule has 2 atom stereocenters. The van der Waals surface area contributed by atoms with Gasteiger partial charge in [0.05, 0.1) is 11.8 Å². The molecule has 1 aliphatic heterocycles. The van der Waals surface area contributed by atoms with Gasteiger partial charge in [0.2, 0.25) is 5.91 Å². The molecule has 1 saturated carbocycles. The third kappa shape index (κ3) is 2.04. The molecule has 2 unspecified atom stereocenters. The maximum Gasteiger partial charge on any atom is 0.307 e. The Hall–Kier alpha value is -1.84. The van der Waals surface area contributed by atoms with Crippen LogP contribution in [-0.2, 0) is 15.0 Å². The van der Waals surface area contributed by atoms with Crippen molar-refractivity contribution in [3.8, 4) is 0 Å². The summed E-state index contributed by atoms with van der Waals surface area (Å²) in [5, 5.41) is 9.21. The molecule has 4 nitrogen and oxygen atoms in total. The summed E-state index contributed by atoms with van der Waals surface area (Å²) in [6.07, 6.45) is 3.28. The van der Waals surface area contributed by atoms with Crippen molar-refractivity contribution in [3.05, 3.63) is 29.8 Å². The average molecular weight is 301 g/mol. The van der Waals surface area contributed by atoms with Crippen LogP contribution >= 0.6 is 0 Å². The number of benzene rings is 1. The molecule has 1 aliphatic carbocycles. The molecule has 118 valence electrons. The van der Waals surface area contributed by atoms with E-state index in [9.17, 15) is 14.7 Å². The molecular formula is C18H23NO3. The Morgan fingerprint density at radius 2 is 1.82 bits per heavy atom. The van der Waals surface area contributed by atoms with E-state index in [1.165, 1.54) is 5.56 Å². The lowest BCUT2D eigenvalue weighted by Gasteiger charge is -2.36. The number of carbonyl (C=O) groups is 2. The minimum absolute atomic E-state index is 0.00475. The van der Waals surface area contributed by atoms with Crippen LogP contribution in [-0.4, -0.2) is 23.5 Å². The smallest absolute Gasteiger partial charge is 0.307 e. The molecule has 0 saturated heterocycles. The van der Waals surface area contributed by atoms with Gasteiger partial charge in [-0.05, 0) is 37.3 Å². The van der Waals surface area contributed by atoms with Gasteiger partial charge in [-0.15, -0.1) is 0 Å². The van der Waals surface area contributed by atoms with Crippen LogP contribution in [0, 0.1) is 11.8 Å². The summed E-state index contributed by atoms with van der Waals surface area (Å²) in [5.41, 5.74) is 2.22. The van der Waals surface area contributed by atoms with Gasteiger partial charge >= 0.3 is 5.97 Å². The highest BCUT2D eigenvalue weighted by Gasteiger charge is 2.48. The van der Waals surface area contributed by atoms with E-state index < -0.39 is 11.9 Å². The molecule has 0 spiro atoms. The Morgan fingerprint density at radius 3 is 2.36 bits per heavy atom. The zero-order valence-corrected chi connectivity index (χ0v) is 13.2. The van der Waals surface area contributed by atoms with Gasteiger partial charge < -0.3 is 10.0 Å². The average Bonchev–Trinajstić information content (AvgIpc) is 2.81. The van der Waals surface area contributed by atoms with Crippen LogP contribution < -0.4 is 4.90 Å². The first-order valence-corrected chi connectivity index (χ1v) is 8.17. The van der Waals surface area contributed by atoms with E-state index in [2.05, 4.69) is 19.9 Å². The molecule has 4 heteroatoms. The number of hydrogen-bond donors (Lipinski definition) is 1. The molecule has 22 heavy (non-hydrogen) atoms. The van der Waals surface area contributed by atoms with Gasteiger partial charge in [0.1, 0.15) is 0 Å². The molecule has 1 N–H and O–H groups in total. The lowest BCUT2D eigenvalue weighted by molar-refractivity contribution is -0.152. The zero-order chi connectivity index (χ0) is 15.9. The summed E-state index contributed by atoms with van der Waals surface area (Å²) in [4.78, 5) is 26.0. The second-order valence-electron chi connectivity index (χ2n) is 6.56. The quantitative estimate of drug-likeness (QED) is 0.929. The van der Waals surface area contributed by atoms with Crippen LogP contribution in [0.1, 0.15) is 45.1 Å². The minimum atomic E-state index is -0.839. The van der Waals surface area contributed by atoms with Crippen molar-refractivity contribution in [2.45, 2.75) is 44.9 Å². The number of amides is 1. The van der Waals surface area contributed by atoms with E-state index in [1.807, 2.05) is 23.1 Å². The van der Waals surface area contributed by atoms with Crippen molar-refractivity contribution >= 4 is 17.6 Å². The predicted octanol–water partition coefficient (Wildman–Crippen LogP) is 3.20. The monoisotopic (exact) mass is 301 g/mol. The summed E-state index contributed by atoms with van der Waals surface area (Å²) in [6, 6.07) is 8.09. The second kappa shape index (κ2) is 5.41. The van der Waals surface area contributed by atoms with Crippen LogP contribution in [0.3, 0.4) is 0 Å². The van der Waals surface area contributed by atoms with Crippen molar-refractivity contribution in [2.24, 2.45) is 11.8 Å². The SMILES string of the molecule is CCC1(CC)CN(C(=O)C2CCC2C(=O)O)c2ccccc21. The molecule has 1 aromatic carbocycles. The van der Waals surface area contributed by atoms with Gasteiger partial charge in [0.25, 0.3) is 0 Å². The molecule has 0 bridgehead atoms. The number of carboxylic acids is 1. The van der Waals surface area contributed by atoms with Crippen LogP contribution in [0.15, 0.2) is 24.3 Å². The van der Waals surface area contributed by atoms with Gasteiger partial charge in [-0.1, -0.05) is 32.0 Å². The Bertz CT molecular complexity index is 606. The number of fused-ring (bicyclic) bond motifs is 1. The fourth-order valence-electron chi connectivity index (χ4n) is 3.97. The summed E-state index contributed by atoms with van der Waals surface area (Å²) < 4.78 is 0. The standard InChI is InChI=1S/C18H23NO3/c1-3-18(4-2)11-19(15-8-6-5-7-14(15)18)16(20)12-9-10-13(12)17(21)22/h5-8,12-13H,3-4,9-11H2,1-2H3,(H,21,22). The van der Waals surface area contributed by atoms with Gasteiger partial charge in [0, 0.05) is 17.6 Å². The third-order valence-electron chi connectivity index (χ3n) is 5.76. The minimum Gasteiger partial charge on any atom is -0.481 e. The number of rotatable bonds is 4. The van der Waals surface area contributed by atoms with E-state index in [0.717, 1.165) is 18.5 Å². The van der Waals surface area contributed by atoms with E-state index in [0.29, 0.717) is 19.4 Å². The van der Waals surface area contributed by atoms with Gasteiger partial charge in [-0.25, -0.2) is 0 Å². The topological polar surface area (TPSA) is 57.6 Å². The van der Waals surface area contributed by atoms with E-state index in [1.54, 1.807) is 0 Å². The molecule has 1 amide bonds. The first kappa shape index (κ1) is 15.1. The Labute approximate surface area is 131 Å². The van der Waals surface area contributed by atoms with Crippen molar-refractivity contribution < 1.29 is 14.7 Å². The van der Waals surface area contributed by atoms with E-state index >= 15 is 0 Å². The number of nitrogens with zero attached hydrogens (tertiary/aromatic N) is 1. The van der Waals surface area contributed by atoms with Crippen molar-refractivity contribution in [1.29, 1.82) is 0 Å². The lowest BCUT2D eigenvalue weighted by atomic mass is 9.72. The fraction of sp³-hybridized carbons (Fsp3) is 0.556. The summed E-state index contributed by atoms with van der Waals surface area (Å²) in [6.45, 7) is 5.01. The van der Waals surface area contributed by atoms with Gasteiger partial charge in [0.15, 0.2) is 0 Å². The van der Waals surface area contributed by atoms with Crippen molar-refractivity contribution in [3.63, 3.8) is 0 Å². The molecular weight excluding hydrogens is 278 g/mol. The summed E-state index contributed by atoms with van der Waals surface area (Å²) in [5.74, 6) is -1.70. The van der Waals surface area contributed by atoms with E-state index in [-0.39, 0.29) is 17.2 Å². The summed E-state index contributed by atoms with van der Waals surface area (Å²) >= 11 is 0. The fourth-order valence-corrected chi connectivity index (χ4v) is 3.97. The van der Waals surface area contributed by atoms with Crippen LogP contribution in [0.25, 0.3) is 0 Å². The molecule has 1 heterocycles. The van der Waals surface area contributed by atoms with E-state index in [4.69, 9.17) is 0 Å². The molecule has 0 aromatic heterocycles. The highest BCUT2D eigenvalue weighted by Crippen LogP contribution is 2.47. The molecule has 3 rings (SSSR count). The Balaban J connectivity index is 1.93. The zero-order valence-electron chi connectivity index (χ0n) is 13.2. The number of aliphatic carboxylic acids is 1. The Kier molecular flexibility index (Phi) is 3.71. The van der Waals surface area contributed by atoms with Crippen molar-refractivity contribution in [2.75, 3.05) is 11.4 Å². The molecule has 0 radical (unpaired) electrons. The van der Waals surface area contributed by atoms with Crippen molar-refractivity contribution in [1.82, 2.24) is 0 Å². The first-order valence-electron chi connectivity index (χ1n) is 8.17. The van der Waals surface area contributed by atoms with Crippen LogP contribution in [0.5, 0.6) is 0 Å². The highest BCUT2D eigenvalue weighted by atomic mass is 16.4. The number of carboxylic acid groups (broad SMARTS) is 1. The highest BCUT2D eigenvalue weighted by molar-refractivity contribution is 6.00. The maximum absolute atomic E-state index is 12.9. The lowest BCUT2D eigenvalue weighted by Crippen LogP contribution is -2.47. The summed E-state index contributed by atoms with van der Waals surface area (Å²) in [7, 11) is 0. The second-order valence-corrected chi connectivity index (χ2v) is 6.56. The number of para-hydroxylation sites is 1. The Morgan fingerprint density at radius 1 is 1.18 bits per heavy atom. The predicted molar refractivity (Wildman–Crippen MR) is 84.9 cm³/mol. The maximum atomic E-state index is 12.9. The number of hydrogen-bond acceptors (Lipinski definition) is 2. The molecule has 1 fully saturated rings. The molecule has 1 aromatic rings. The van der Waals surface area contributed by atoms with Crippen LogP contribution in [0.4, 0.5) is 5.69 Å². The number of carbonyl (C=O) groups excluding carboxylic acids is 1. The number of anilines is 1. The van der Waals surface area contributed by atoms with Crippen LogP contribution in [0.2, 0.25) is 0 Å². The molecule has 2 aliphatic rings. The van der Waals surface area contributed by atoms with Gasteiger partial charge in [-0.3, -0.25) is 9.59 Å². The first-order chi connectivity index (χ1) is 10.5. The largest absolute Gasteiger partial charge is 0.481 e. The van der Waals surface area contributed by atoms with Gasteiger partial charge in [-0.2, -0.15) is 0 Å². The normalized spacial score (nSPS) is 25.5.